The van der Waals surface area contributed by atoms with Crippen LogP contribution in [0.25, 0.3) is 0 Å². The number of fused-ring (bicyclic) bond motifs is 5. The fourth-order valence-corrected chi connectivity index (χ4v) is 9.52. The van der Waals surface area contributed by atoms with E-state index in [0.717, 1.165) is 23.7 Å². The van der Waals surface area contributed by atoms with Crippen LogP contribution in [0.4, 0.5) is 0 Å². The molecular weight excluding hydrogens is 380 g/mol. The summed E-state index contributed by atoms with van der Waals surface area (Å²) in [5.74, 6) is 3.47. The highest BCUT2D eigenvalue weighted by Gasteiger charge is 2.58. The van der Waals surface area contributed by atoms with Gasteiger partial charge in [0.15, 0.2) is 8.32 Å². The standard InChI is InChI=1S/C28H48OSi/c1-19(2)23-12-13-24-22-11-10-20-18-21(29-30(8,9)26(3,4)5)14-16-27(20,6)25(22)15-17-28(23,24)7/h10,21-25H,1,11-18H2,2-9H3/t21?,22?,23-,24?,25?,27+,28-/m1/s1. The first kappa shape index (κ1) is 22.8. The second-order valence-electron chi connectivity index (χ2n) is 13.5. The van der Waals surface area contributed by atoms with Gasteiger partial charge in [0, 0.05) is 6.10 Å². The minimum Gasteiger partial charge on any atom is -0.414 e. The highest BCUT2D eigenvalue weighted by molar-refractivity contribution is 6.74. The molecule has 0 spiro atoms. The zero-order valence-electron chi connectivity index (χ0n) is 21.2. The monoisotopic (exact) mass is 428 g/mol. The van der Waals surface area contributed by atoms with Gasteiger partial charge < -0.3 is 4.43 Å². The third-order valence-corrected chi connectivity index (χ3v) is 15.5. The molecule has 0 heterocycles. The summed E-state index contributed by atoms with van der Waals surface area (Å²) in [6.07, 6.45) is 13.9. The Kier molecular flexibility index (Phi) is 5.59. The molecule has 3 saturated carbocycles. The van der Waals surface area contributed by atoms with Crippen molar-refractivity contribution in [3.63, 3.8) is 0 Å². The zero-order valence-corrected chi connectivity index (χ0v) is 22.2. The molecule has 3 fully saturated rings. The Balaban J connectivity index is 1.53. The van der Waals surface area contributed by atoms with E-state index in [0.29, 0.717) is 22.0 Å². The first-order valence-corrected chi connectivity index (χ1v) is 15.7. The maximum atomic E-state index is 6.89. The second-order valence-corrected chi connectivity index (χ2v) is 18.3. The van der Waals surface area contributed by atoms with E-state index in [9.17, 15) is 0 Å². The maximum absolute atomic E-state index is 6.89. The first-order chi connectivity index (χ1) is 13.8. The summed E-state index contributed by atoms with van der Waals surface area (Å²) in [4.78, 5) is 0. The molecule has 0 aromatic carbocycles. The van der Waals surface area contributed by atoms with Gasteiger partial charge in [-0.1, -0.05) is 58.4 Å². The fourth-order valence-electron chi connectivity index (χ4n) is 8.13. The van der Waals surface area contributed by atoms with Crippen molar-refractivity contribution in [3.05, 3.63) is 23.8 Å². The lowest BCUT2D eigenvalue weighted by Crippen LogP contribution is -2.51. The summed E-state index contributed by atoms with van der Waals surface area (Å²) in [7, 11) is -1.69. The van der Waals surface area contributed by atoms with Crippen molar-refractivity contribution < 1.29 is 4.43 Å². The molecule has 170 valence electrons. The van der Waals surface area contributed by atoms with Crippen molar-refractivity contribution in [2.75, 3.05) is 0 Å². The molecule has 0 bridgehead atoms. The Morgan fingerprint density at radius 2 is 1.77 bits per heavy atom. The van der Waals surface area contributed by atoms with Crippen LogP contribution >= 0.6 is 0 Å². The van der Waals surface area contributed by atoms with Crippen LogP contribution in [0.3, 0.4) is 0 Å². The Hall–Kier alpha value is -0.343. The summed E-state index contributed by atoms with van der Waals surface area (Å²) in [6.45, 7) is 23.9. The summed E-state index contributed by atoms with van der Waals surface area (Å²) < 4.78 is 6.89. The van der Waals surface area contributed by atoms with Gasteiger partial charge >= 0.3 is 0 Å². The topological polar surface area (TPSA) is 9.23 Å². The van der Waals surface area contributed by atoms with E-state index in [1.165, 1.54) is 56.9 Å². The average molecular weight is 429 g/mol. The largest absolute Gasteiger partial charge is 0.414 e. The minimum absolute atomic E-state index is 0.302. The third kappa shape index (κ3) is 3.43. The number of rotatable bonds is 3. The van der Waals surface area contributed by atoms with Crippen molar-refractivity contribution >= 4 is 8.32 Å². The van der Waals surface area contributed by atoms with Gasteiger partial charge in [0.05, 0.1) is 0 Å². The van der Waals surface area contributed by atoms with Crippen LogP contribution in [-0.4, -0.2) is 14.4 Å². The first-order valence-electron chi connectivity index (χ1n) is 12.8. The molecule has 4 aliphatic rings. The highest BCUT2D eigenvalue weighted by atomic mass is 28.4. The van der Waals surface area contributed by atoms with E-state index in [2.05, 4.69) is 67.3 Å². The second kappa shape index (κ2) is 7.34. The Morgan fingerprint density at radius 1 is 1.07 bits per heavy atom. The molecule has 0 aromatic rings. The zero-order chi connectivity index (χ0) is 22.1. The molecule has 0 amide bonds. The van der Waals surface area contributed by atoms with Gasteiger partial charge in [0.1, 0.15) is 0 Å². The number of hydrogen-bond acceptors (Lipinski definition) is 1. The van der Waals surface area contributed by atoms with E-state index in [4.69, 9.17) is 4.43 Å². The van der Waals surface area contributed by atoms with Crippen LogP contribution in [0.5, 0.6) is 0 Å². The normalized spacial score (nSPS) is 44.0. The van der Waals surface area contributed by atoms with Crippen LogP contribution in [0.1, 0.15) is 92.9 Å². The molecule has 4 unspecified atom stereocenters. The molecule has 4 aliphatic carbocycles. The Morgan fingerprint density at radius 3 is 2.40 bits per heavy atom. The summed E-state index contributed by atoms with van der Waals surface area (Å²) >= 11 is 0. The molecule has 2 heteroatoms. The van der Waals surface area contributed by atoms with Gasteiger partial charge in [0.2, 0.25) is 0 Å². The van der Waals surface area contributed by atoms with Crippen LogP contribution in [0, 0.1) is 34.5 Å². The lowest BCUT2D eigenvalue weighted by atomic mass is 9.47. The quantitative estimate of drug-likeness (QED) is 0.323. The van der Waals surface area contributed by atoms with Gasteiger partial charge in [-0.2, -0.15) is 0 Å². The Labute approximate surface area is 188 Å². The molecule has 30 heavy (non-hydrogen) atoms. The van der Waals surface area contributed by atoms with Crippen molar-refractivity contribution in [3.8, 4) is 0 Å². The minimum atomic E-state index is -1.69. The lowest BCUT2D eigenvalue weighted by Gasteiger charge is -2.58. The molecule has 0 aliphatic heterocycles. The fraction of sp³-hybridized carbons (Fsp3) is 0.857. The van der Waals surface area contributed by atoms with E-state index < -0.39 is 8.32 Å². The smallest absolute Gasteiger partial charge is 0.192 e. The van der Waals surface area contributed by atoms with Crippen molar-refractivity contribution in [2.45, 2.75) is 117 Å². The van der Waals surface area contributed by atoms with Crippen LogP contribution in [0.2, 0.25) is 18.1 Å². The van der Waals surface area contributed by atoms with Crippen LogP contribution in [0.15, 0.2) is 23.8 Å². The van der Waals surface area contributed by atoms with Crippen molar-refractivity contribution in [1.29, 1.82) is 0 Å². The third-order valence-electron chi connectivity index (χ3n) is 10.9. The molecule has 0 saturated heterocycles. The number of allylic oxidation sites excluding steroid dienone is 2. The van der Waals surface area contributed by atoms with Gasteiger partial charge in [-0.15, -0.1) is 0 Å². The molecule has 0 radical (unpaired) electrons. The molecule has 4 rings (SSSR count). The van der Waals surface area contributed by atoms with Gasteiger partial charge in [-0.3, -0.25) is 0 Å². The van der Waals surface area contributed by atoms with Gasteiger partial charge in [0.25, 0.3) is 0 Å². The van der Waals surface area contributed by atoms with E-state index >= 15 is 0 Å². The van der Waals surface area contributed by atoms with Gasteiger partial charge in [-0.25, -0.2) is 0 Å². The molecule has 0 N–H and O–H groups in total. The lowest BCUT2D eigenvalue weighted by molar-refractivity contribution is -0.0443. The van der Waals surface area contributed by atoms with E-state index in [-0.39, 0.29) is 0 Å². The van der Waals surface area contributed by atoms with E-state index in [1.54, 1.807) is 5.57 Å². The maximum Gasteiger partial charge on any atom is 0.192 e. The average Bonchev–Trinajstić information content (AvgIpc) is 2.98. The summed E-state index contributed by atoms with van der Waals surface area (Å²) in [5.41, 5.74) is 4.15. The van der Waals surface area contributed by atoms with Crippen LogP contribution < -0.4 is 0 Å². The van der Waals surface area contributed by atoms with E-state index in [1.807, 2.05) is 0 Å². The highest BCUT2D eigenvalue weighted by Crippen LogP contribution is 2.67. The van der Waals surface area contributed by atoms with Crippen LogP contribution in [-0.2, 0) is 4.43 Å². The predicted molar refractivity (Wildman–Crippen MR) is 132 cm³/mol. The van der Waals surface area contributed by atoms with Crippen molar-refractivity contribution in [2.24, 2.45) is 34.5 Å². The molecular formula is C28H48OSi. The summed E-state index contributed by atoms with van der Waals surface area (Å²) in [6, 6.07) is 0. The Bertz CT molecular complexity index is 727. The molecule has 1 nitrogen and oxygen atoms in total. The van der Waals surface area contributed by atoms with Crippen molar-refractivity contribution in [1.82, 2.24) is 0 Å². The SMILES string of the molecule is C=C(C)[C@H]1CCC2C3CC=C4CC(O[Si](C)(C)C(C)(C)C)CC[C@]4(C)C3CC[C@@]21C. The predicted octanol–water partition coefficient (Wildman–Crippen LogP) is 8.53. The summed E-state index contributed by atoms with van der Waals surface area (Å²) in [5, 5.41) is 0.302. The molecule has 0 aromatic heterocycles. The number of hydrogen-bond donors (Lipinski definition) is 0. The molecule has 7 atom stereocenters. The van der Waals surface area contributed by atoms with Gasteiger partial charge in [-0.05, 0) is 111 Å².